The lowest BCUT2D eigenvalue weighted by Gasteiger charge is -2.30. The van der Waals surface area contributed by atoms with Crippen LogP contribution in [0.25, 0.3) is 0 Å². The van der Waals surface area contributed by atoms with Crippen LogP contribution in [0.15, 0.2) is 24.3 Å². The van der Waals surface area contributed by atoms with Crippen molar-refractivity contribution < 1.29 is 14.7 Å². The Morgan fingerprint density at radius 2 is 1.95 bits per heavy atom. The molecule has 0 saturated heterocycles. The predicted octanol–water partition coefficient (Wildman–Crippen LogP) is 2.88. The maximum absolute atomic E-state index is 12.8. The molecule has 0 aliphatic heterocycles. The largest absolute Gasteiger partial charge is 0.481 e. The molecule has 1 aliphatic rings. The zero-order valence-corrected chi connectivity index (χ0v) is 12.6. The van der Waals surface area contributed by atoms with Crippen molar-refractivity contribution in [2.75, 3.05) is 18.0 Å². The second-order valence-electron chi connectivity index (χ2n) is 5.38. The maximum Gasteiger partial charge on any atom is 0.324 e. The van der Waals surface area contributed by atoms with Crippen molar-refractivity contribution in [3.63, 3.8) is 0 Å². The van der Waals surface area contributed by atoms with Gasteiger partial charge in [0.15, 0.2) is 0 Å². The van der Waals surface area contributed by atoms with Crippen LogP contribution in [0, 0.1) is 6.92 Å². The predicted molar refractivity (Wildman–Crippen MR) is 81.6 cm³/mol. The molecule has 0 aromatic heterocycles. The van der Waals surface area contributed by atoms with E-state index in [0.29, 0.717) is 12.6 Å². The monoisotopic (exact) mass is 290 g/mol. The molecule has 21 heavy (non-hydrogen) atoms. The van der Waals surface area contributed by atoms with Gasteiger partial charge in [0, 0.05) is 24.8 Å². The van der Waals surface area contributed by atoms with Crippen molar-refractivity contribution in [2.24, 2.45) is 0 Å². The summed E-state index contributed by atoms with van der Waals surface area (Å²) in [5, 5.41) is 8.93. The molecule has 0 spiro atoms. The van der Waals surface area contributed by atoms with Gasteiger partial charge in [-0.15, -0.1) is 0 Å². The van der Waals surface area contributed by atoms with Crippen LogP contribution in [-0.2, 0) is 4.79 Å². The van der Waals surface area contributed by atoms with Crippen LogP contribution in [0.4, 0.5) is 10.5 Å². The maximum atomic E-state index is 12.8. The summed E-state index contributed by atoms with van der Waals surface area (Å²) in [6, 6.07) is 7.82. The number of nitrogens with zero attached hydrogens (tertiary/aromatic N) is 2. The van der Waals surface area contributed by atoms with Crippen LogP contribution in [0.3, 0.4) is 0 Å². The van der Waals surface area contributed by atoms with Crippen molar-refractivity contribution in [3.05, 3.63) is 29.8 Å². The molecular weight excluding hydrogens is 268 g/mol. The molecule has 5 nitrogen and oxygen atoms in total. The summed E-state index contributed by atoms with van der Waals surface area (Å²) < 4.78 is 0. The number of hydrogen-bond donors (Lipinski definition) is 1. The molecule has 0 bridgehead atoms. The van der Waals surface area contributed by atoms with Crippen LogP contribution in [-0.4, -0.2) is 41.1 Å². The van der Waals surface area contributed by atoms with E-state index in [0.717, 1.165) is 24.1 Å². The van der Waals surface area contributed by atoms with Gasteiger partial charge in [0.2, 0.25) is 0 Å². The van der Waals surface area contributed by atoms with Gasteiger partial charge >= 0.3 is 12.0 Å². The molecule has 2 rings (SSSR count). The van der Waals surface area contributed by atoms with Gasteiger partial charge in [-0.1, -0.05) is 18.2 Å². The van der Waals surface area contributed by atoms with E-state index in [1.165, 1.54) is 0 Å². The number of carboxylic acid groups (broad SMARTS) is 1. The van der Waals surface area contributed by atoms with E-state index in [9.17, 15) is 9.59 Å². The summed E-state index contributed by atoms with van der Waals surface area (Å²) in [4.78, 5) is 27.1. The molecule has 0 radical (unpaired) electrons. The second kappa shape index (κ2) is 6.61. The van der Waals surface area contributed by atoms with Crippen molar-refractivity contribution >= 4 is 17.7 Å². The second-order valence-corrected chi connectivity index (χ2v) is 5.38. The van der Waals surface area contributed by atoms with E-state index in [4.69, 9.17) is 5.11 Å². The first-order chi connectivity index (χ1) is 10.0. The fourth-order valence-corrected chi connectivity index (χ4v) is 2.48. The number of amides is 2. The lowest BCUT2D eigenvalue weighted by molar-refractivity contribution is -0.136. The van der Waals surface area contributed by atoms with E-state index in [2.05, 4.69) is 0 Å². The molecule has 1 fully saturated rings. The molecule has 0 heterocycles. The first-order valence-electron chi connectivity index (χ1n) is 7.40. The number of carboxylic acids is 1. The molecule has 114 valence electrons. The summed E-state index contributed by atoms with van der Waals surface area (Å²) in [6.07, 6.45) is 2.03. The van der Waals surface area contributed by atoms with Gasteiger partial charge in [-0.05, 0) is 38.3 Å². The molecule has 1 aliphatic carbocycles. The fraction of sp³-hybridized carbons (Fsp3) is 0.500. The molecule has 1 N–H and O–H groups in total. The zero-order valence-electron chi connectivity index (χ0n) is 12.6. The number of aliphatic carboxylic acids is 1. The third-order valence-corrected chi connectivity index (χ3v) is 3.76. The van der Waals surface area contributed by atoms with E-state index >= 15 is 0 Å². The molecule has 1 saturated carbocycles. The van der Waals surface area contributed by atoms with Gasteiger partial charge in [0.25, 0.3) is 0 Å². The highest BCUT2D eigenvalue weighted by Gasteiger charge is 2.34. The number of aryl methyl sites for hydroxylation is 1. The lowest BCUT2D eigenvalue weighted by atomic mass is 10.2. The summed E-state index contributed by atoms with van der Waals surface area (Å²) in [6.45, 7) is 4.74. The number of hydrogen-bond acceptors (Lipinski definition) is 2. The number of urea groups is 1. The number of anilines is 1. The molecule has 0 atom stereocenters. The van der Waals surface area contributed by atoms with Gasteiger partial charge in [-0.25, -0.2) is 4.79 Å². The Balaban J connectivity index is 2.24. The Bertz CT molecular complexity index is 526. The highest BCUT2D eigenvalue weighted by atomic mass is 16.4. The van der Waals surface area contributed by atoms with Crippen LogP contribution >= 0.6 is 0 Å². The normalized spacial score (nSPS) is 13.8. The summed E-state index contributed by atoms with van der Waals surface area (Å²) >= 11 is 0. The van der Waals surface area contributed by atoms with Crippen LogP contribution in [0.5, 0.6) is 0 Å². The minimum atomic E-state index is -0.893. The summed E-state index contributed by atoms with van der Waals surface area (Å²) in [5.41, 5.74) is 1.77. The lowest BCUT2D eigenvalue weighted by Crippen LogP contribution is -2.45. The van der Waals surface area contributed by atoms with E-state index in [1.807, 2.05) is 43.0 Å². The highest BCUT2D eigenvalue weighted by molar-refractivity contribution is 5.93. The van der Waals surface area contributed by atoms with Crippen molar-refractivity contribution in [1.82, 2.24) is 4.90 Å². The van der Waals surface area contributed by atoms with Gasteiger partial charge in [0.1, 0.15) is 0 Å². The molecule has 1 aromatic carbocycles. The SMILES string of the molecule is CCN(C(=O)N(CCC(=O)O)c1ccccc1C)C1CC1. The number of carbonyl (C=O) groups excluding carboxylic acids is 1. The molecule has 2 amide bonds. The quantitative estimate of drug-likeness (QED) is 0.876. The van der Waals surface area contributed by atoms with E-state index < -0.39 is 5.97 Å². The van der Waals surface area contributed by atoms with Gasteiger partial charge < -0.3 is 10.0 Å². The Morgan fingerprint density at radius 3 is 2.48 bits per heavy atom. The average Bonchev–Trinajstić information content (AvgIpc) is 3.26. The fourth-order valence-electron chi connectivity index (χ4n) is 2.48. The molecular formula is C16H22N2O3. The number of para-hydroxylation sites is 1. The van der Waals surface area contributed by atoms with E-state index in [-0.39, 0.29) is 19.0 Å². The molecule has 5 heteroatoms. The zero-order chi connectivity index (χ0) is 15.4. The van der Waals surface area contributed by atoms with Gasteiger partial charge in [-0.3, -0.25) is 9.69 Å². The third-order valence-electron chi connectivity index (χ3n) is 3.76. The van der Waals surface area contributed by atoms with Crippen LogP contribution in [0.2, 0.25) is 0 Å². The summed E-state index contributed by atoms with van der Waals surface area (Å²) in [5.74, 6) is -0.893. The number of carbonyl (C=O) groups is 2. The highest BCUT2D eigenvalue weighted by Crippen LogP contribution is 2.29. The van der Waals surface area contributed by atoms with E-state index in [1.54, 1.807) is 4.90 Å². The van der Waals surface area contributed by atoms with Crippen molar-refractivity contribution in [3.8, 4) is 0 Å². The van der Waals surface area contributed by atoms with Gasteiger partial charge in [0.05, 0.1) is 6.42 Å². The van der Waals surface area contributed by atoms with Gasteiger partial charge in [-0.2, -0.15) is 0 Å². The molecule has 0 unspecified atom stereocenters. The van der Waals surface area contributed by atoms with Crippen LogP contribution in [0.1, 0.15) is 31.7 Å². The van der Waals surface area contributed by atoms with Crippen molar-refractivity contribution in [1.29, 1.82) is 0 Å². The Kier molecular flexibility index (Phi) is 4.83. The smallest absolute Gasteiger partial charge is 0.324 e. The molecule has 1 aromatic rings. The standard InChI is InChI=1S/C16H22N2O3/c1-3-17(13-8-9-13)16(21)18(11-10-15(19)20)14-7-5-4-6-12(14)2/h4-7,13H,3,8-11H2,1-2H3,(H,19,20). The Morgan fingerprint density at radius 1 is 1.29 bits per heavy atom. The minimum Gasteiger partial charge on any atom is -0.481 e. The first kappa shape index (κ1) is 15.4. The number of rotatable bonds is 6. The Hall–Kier alpha value is -2.04. The van der Waals surface area contributed by atoms with Crippen molar-refractivity contribution in [2.45, 2.75) is 39.2 Å². The average molecular weight is 290 g/mol. The topological polar surface area (TPSA) is 60.9 Å². The Labute approximate surface area is 125 Å². The van der Waals surface area contributed by atoms with Crippen LogP contribution < -0.4 is 4.90 Å². The summed E-state index contributed by atoms with van der Waals surface area (Å²) in [7, 11) is 0. The number of benzene rings is 1. The minimum absolute atomic E-state index is 0.0533. The third kappa shape index (κ3) is 3.74. The first-order valence-corrected chi connectivity index (χ1v) is 7.40.